The van der Waals surface area contributed by atoms with Crippen molar-refractivity contribution in [3.63, 3.8) is 0 Å². The molecule has 0 aromatic carbocycles. The second-order valence-corrected chi connectivity index (χ2v) is 5.15. The summed E-state index contributed by atoms with van der Waals surface area (Å²) < 4.78 is 0. The average molecular weight is 299 g/mol. The SMILES string of the molecule is C/C=C(\N)C(=O)OOC(=O)CCCCCCCCCCC. The molecule has 0 fully saturated rings. The molecule has 0 spiro atoms. The maximum absolute atomic E-state index is 11.3. The maximum atomic E-state index is 11.3. The van der Waals surface area contributed by atoms with Crippen LogP contribution in [0.3, 0.4) is 0 Å². The Kier molecular flexibility index (Phi) is 12.5. The molecule has 5 heteroatoms. The summed E-state index contributed by atoms with van der Waals surface area (Å²) >= 11 is 0. The Morgan fingerprint density at radius 1 is 0.905 bits per heavy atom. The summed E-state index contributed by atoms with van der Waals surface area (Å²) in [7, 11) is 0. The lowest BCUT2D eigenvalue weighted by atomic mass is 10.1. The van der Waals surface area contributed by atoms with Crippen LogP contribution in [0.2, 0.25) is 0 Å². The minimum absolute atomic E-state index is 0.0779. The molecule has 0 atom stereocenters. The molecule has 0 aliphatic rings. The summed E-state index contributed by atoms with van der Waals surface area (Å²) in [5.41, 5.74) is 5.22. The minimum atomic E-state index is -0.835. The van der Waals surface area contributed by atoms with Crippen LogP contribution in [0.15, 0.2) is 11.8 Å². The summed E-state index contributed by atoms with van der Waals surface area (Å²) in [4.78, 5) is 31.1. The van der Waals surface area contributed by atoms with Gasteiger partial charge in [0.25, 0.3) is 0 Å². The van der Waals surface area contributed by atoms with Crippen LogP contribution >= 0.6 is 0 Å². The summed E-state index contributed by atoms with van der Waals surface area (Å²) in [6.45, 7) is 3.81. The van der Waals surface area contributed by atoms with E-state index in [9.17, 15) is 9.59 Å². The summed E-state index contributed by atoms with van der Waals surface area (Å²) in [5, 5.41) is 0. The number of carbonyl (C=O) groups is 2. The van der Waals surface area contributed by atoms with E-state index in [0.29, 0.717) is 0 Å². The minimum Gasteiger partial charge on any atom is -0.393 e. The van der Waals surface area contributed by atoms with Crippen molar-refractivity contribution in [1.82, 2.24) is 0 Å². The summed E-state index contributed by atoms with van der Waals surface area (Å²) in [5.74, 6) is -1.37. The van der Waals surface area contributed by atoms with Crippen LogP contribution in [0.4, 0.5) is 0 Å². The summed E-state index contributed by atoms with van der Waals surface area (Å²) in [6.07, 6.45) is 12.2. The van der Waals surface area contributed by atoms with E-state index < -0.39 is 11.9 Å². The van der Waals surface area contributed by atoms with Crippen molar-refractivity contribution >= 4 is 11.9 Å². The molecule has 0 aliphatic heterocycles. The van der Waals surface area contributed by atoms with E-state index in [4.69, 9.17) is 5.73 Å². The molecule has 0 radical (unpaired) electrons. The Morgan fingerprint density at radius 2 is 1.43 bits per heavy atom. The van der Waals surface area contributed by atoms with Gasteiger partial charge in [0.1, 0.15) is 5.70 Å². The predicted octanol–water partition coefficient (Wildman–Crippen LogP) is 3.77. The fourth-order valence-corrected chi connectivity index (χ4v) is 1.87. The zero-order chi connectivity index (χ0) is 15.9. The first kappa shape index (κ1) is 19.5. The highest BCUT2D eigenvalue weighted by Crippen LogP contribution is 2.10. The summed E-state index contributed by atoms with van der Waals surface area (Å²) in [6, 6.07) is 0. The molecule has 5 nitrogen and oxygen atoms in total. The molecule has 0 unspecified atom stereocenters. The molecule has 0 aromatic heterocycles. The molecule has 2 N–H and O–H groups in total. The second kappa shape index (κ2) is 13.5. The molecular weight excluding hydrogens is 270 g/mol. The molecule has 0 amide bonds. The monoisotopic (exact) mass is 299 g/mol. The van der Waals surface area contributed by atoms with Crippen molar-refractivity contribution in [2.45, 2.75) is 78.1 Å². The second-order valence-electron chi connectivity index (χ2n) is 5.15. The lowest BCUT2D eigenvalue weighted by molar-refractivity contribution is -0.255. The standard InChI is InChI=1S/C16H29NO4/c1-3-5-6-7-8-9-10-11-12-13-15(18)20-21-16(19)14(17)4-2/h4H,3,5-13,17H2,1-2H3/b14-4-. The van der Waals surface area contributed by atoms with Crippen LogP contribution < -0.4 is 5.73 Å². The van der Waals surface area contributed by atoms with E-state index >= 15 is 0 Å². The Balaban J connectivity index is 3.40. The first-order chi connectivity index (χ1) is 10.1. The van der Waals surface area contributed by atoms with Gasteiger partial charge in [0.2, 0.25) is 0 Å². The van der Waals surface area contributed by atoms with Gasteiger partial charge in [0.05, 0.1) is 6.42 Å². The van der Waals surface area contributed by atoms with Gasteiger partial charge in [-0.15, -0.1) is 0 Å². The first-order valence-electron chi connectivity index (χ1n) is 7.95. The normalized spacial score (nSPS) is 11.2. The Morgan fingerprint density at radius 3 is 1.95 bits per heavy atom. The Labute approximate surface area is 127 Å². The molecule has 0 saturated carbocycles. The van der Waals surface area contributed by atoms with Gasteiger partial charge >= 0.3 is 11.9 Å². The van der Waals surface area contributed by atoms with Crippen molar-refractivity contribution in [3.8, 4) is 0 Å². The van der Waals surface area contributed by atoms with E-state index in [-0.39, 0.29) is 12.1 Å². The van der Waals surface area contributed by atoms with Crippen LogP contribution in [-0.2, 0) is 19.4 Å². The number of hydrogen-bond acceptors (Lipinski definition) is 5. The molecule has 0 aliphatic carbocycles. The Bertz CT molecular complexity index is 326. The quantitative estimate of drug-likeness (QED) is 0.272. The molecular formula is C16H29NO4. The van der Waals surface area contributed by atoms with Crippen molar-refractivity contribution in [2.24, 2.45) is 5.73 Å². The third kappa shape index (κ3) is 12.0. The Hall–Kier alpha value is -1.52. The number of unbranched alkanes of at least 4 members (excludes halogenated alkanes) is 8. The third-order valence-corrected chi connectivity index (χ3v) is 3.24. The van der Waals surface area contributed by atoms with Gasteiger partial charge in [-0.2, -0.15) is 0 Å². The molecule has 0 saturated heterocycles. The van der Waals surface area contributed by atoms with Crippen LogP contribution in [0.5, 0.6) is 0 Å². The number of allylic oxidation sites excluding steroid dienone is 1. The van der Waals surface area contributed by atoms with Crippen molar-refractivity contribution < 1.29 is 19.4 Å². The number of rotatable bonds is 11. The van der Waals surface area contributed by atoms with Crippen molar-refractivity contribution in [2.75, 3.05) is 0 Å². The molecule has 21 heavy (non-hydrogen) atoms. The zero-order valence-corrected chi connectivity index (χ0v) is 13.4. The highest BCUT2D eigenvalue weighted by molar-refractivity contribution is 5.87. The average Bonchev–Trinajstić information content (AvgIpc) is 2.50. The highest BCUT2D eigenvalue weighted by atomic mass is 17.2. The maximum Gasteiger partial charge on any atom is 0.401 e. The highest BCUT2D eigenvalue weighted by Gasteiger charge is 2.11. The molecule has 122 valence electrons. The van der Waals surface area contributed by atoms with Gasteiger partial charge in [-0.3, -0.25) is 0 Å². The van der Waals surface area contributed by atoms with Gasteiger partial charge < -0.3 is 5.73 Å². The van der Waals surface area contributed by atoms with E-state index in [0.717, 1.165) is 19.3 Å². The molecule has 0 aromatic rings. The van der Waals surface area contributed by atoms with Gasteiger partial charge in [-0.05, 0) is 13.3 Å². The number of nitrogens with two attached hydrogens (primary N) is 1. The van der Waals surface area contributed by atoms with Crippen molar-refractivity contribution in [3.05, 3.63) is 11.8 Å². The van der Waals surface area contributed by atoms with Crippen molar-refractivity contribution in [1.29, 1.82) is 0 Å². The molecule has 0 bridgehead atoms. The molecule has 0 rings (SSSR count). The van der Waals surface area contributed by atoms with E-state index in [1.54, 1.807) is 6.92 Å². The van der Waals surface area contributed by atoms with Gasteiger partial charge in [0.15, 0.2) is 0 Å². The van der Waals surface area contributed by atoms with E-state index in [1.165, 1.54) is 44.6 Å². The van der Waals surface area contributed by atoms with E-state index in [1.807, 2.05) is 0 Å². The molecule has 0 heterocycles. The fourth-order valence-electron chi connectivity index (χ4n) is 1.87. The smallest absolute Gasteiger partial charge is 0.393 e. The van der Waals surface area contributed by atoms with E-state index in [2.05, 4.69) is 16.7 Å². The first-order valence-corrected chi connectivity index (χ1v) is 7.95. The number of carbonyl (C=O) groups excluding carboxylic acids is 2. The third-order valence-electron chi connectivity index (χ3n) is 3.24. The zero-order valence-electron chi connectivity index (χ0n) is 13.4. The lowest BCUT2D eigenvalue weighted by Gasteiger charge is -2.03. The van der Waals surface area contributed by atoms with Crippen LogP contribution in [0, 0.1) is 0 Å². The van der Waals surface area contributed by atoms with Gasteiger partial charge in [-0.25, -0.2) is 19.4 Å². The predicted molar refractivity (Wildman–Crippen MR) is 82.0 cm³/mol. The fraction of sp³-hybridized carbons (Fsp3) is 0.750. The van der Waals surface area contributed by atoms with Gasteiger partial charge in [-0.1, -0.05) is 64.4 Å². The van der Waals surface area contributed by atoms with Crippen LogP contribution in [0.1, 0.15) is 78.1 Å². The number of hydrogen-bond donors (Lipinski definition) is 1. The largest absolute Gasteiger partial charge is 0.401 e. The topological polar surface area (TPSA) is 78.6 Å². The van der Waals surface area contributed by atoms with Gasteiger partial charge in [0, 0.05) is 0 Å². The van der Waals surface area contributed by atoms with Crippen LogP contribution in [0.25, 0.3) is 0 Å². The lowest BCUT2D eigenvalue weighted by Crippen LogP contribution is -2.17. The van der Waals surface area contributed by atoms with Crippen LogP contribution in [-0.4, -0.2) is 11.9 Å².